The van der Waals surface area contributed by atoms with Crippen LogP contribution in [0.1, 0.15) is 25.8 Å². The van der Waals surface area contributed by atoms with Gasteiger partial charge in [-0.15, -0.1) is 0 Å². The van der Waals surface area contributed by atoms with Crippen molar-refractivity contribution in [1.82, 2.24) is 14.5 Å². The zero-order valence-electron chi connectivity index (χ0n) is 14.4. The Labute approximate surface area is 141 Å². The van der Waals surface area contributed by atoms with Gasteiger partial charge in [-0.3, -0.25) is 14.2 Å². The van der Waals surface area contributed by atoms with Crippen molar-refractivity contribution in [3.05, 3.63) is 40.4 Å². The predicted octanol–water partition coefficient (Wildman–Crippen LogP) is 1.73. The Morgan fingerprint density at radius 1 is 1.38 bits per heavy atom. The number of carbonyl (C=O) groups excluding carboxylic acids is 1. The number of amides is 1. The topological polar surface area (TPSA) is 64.4 Å². The summed E-state index contributed by atoms with van der Waals surface area (Å²) in [4.78, 5) is 31.3. The fourth-order valence-electron chi connectivity index (χ4n) is 3.11. The number of fused-ring (bicyclic) bond motifs is 1. The van der Waals surface area contributed by atoms with E-state index in [-0.39, 0.29) is 30.0 Å². The highest BCUT2D eigenvalue weighted by molar-refractivity contribution is 5.80. The van der Waals surface area contributed by atoms with Crippen LogP contribution in [0.25, 0.3) is 10.9 Å². The minimum atomic E-state index is -0.0973. The molecule has 3 rings (SSSR count). The van der Waals surface area contributed by atoms with Gasteiger partial charge in [0.1, 0.15) is 0 Å². The lowest BCUT2D eigenvalue weighted by Crippen LogP contribution is -2.50. The number of ether oxygens (including phenoxy) is 1. The third-order valence-corrected chi connectivity index (χ3v) is 4.55. The molecule has 1 aliphatic rings. The van der Waals surface area contributed by atoms with Crippen LogP contribution in [-0.2, 0) is 16.1 Å². The molecular formula is C18H23N3O3. The summed E-state index contributed by atoms with van der Waals surface area (Å²) in [6, 6.07) is 5.64. The molecule has 1 saturated heterocycles. The van der Waals surface area contributed by atoms with E-state index in [0.717, 1.165) is 11.1 Å². The number of benzene rings is 1. The first-order valence-corrected chi connectivity index (χ1v) is 8.33. The molecule has 0 bridgehead atoms. The van der Waals surface area contributed by atoms with E-state index in [1.807, 2.05) is 37.8 Å². The van der Waals surface area contributed by atoms with E-state index >= 15 is 0 Å². The van der Waals surface area contributed by atoms with Gasteiger partial charge in [0.05, 0.1) is 36.0 Å². The molecule has 6 nitrogen and oxygen atoms in total. The van der Waals surface area contributed by atoms with Gasteiger partial charge in [0.15, 0.2) is 0 Å². The second-order valence-electron chi connectivity index (χ2n) is 6.50. The summed E-state index contributed by atoms with van der Waals surface area (Å²) in [6.45, 7) is 7.38. The van der Waals surface area contributed by atoms with E-state index in [0.29, 0.717) is 25.1 Å². The van der Waals surface area contributed by atoms with Crippen molar-refractivity contribution in [1.29, 1.82) is 0 Å². The maximum absolute atomic E-state index is 12.6. The van der Waals surface area contributed by atoms with E-state index in [4.69, 9.17) is 4.74 Å². The van der Waals surface area contributed by atoms with Crippen molar-refractivity contribution in [2.24, 2.45) is 0 Å². The van der Waals surface area contributed by atoms with Gasteiger partial charge in [-0.25, -0.2) is 4.98 Å². The maximum Gasteiger partial charge on any atom is 0.261 e. The molecule has 0 radical (unpaired) electrons. The first-order valence-electron chi connectivity index (χ1n) is 8.33. The number of morpholine rings is 1. The molecule has 24 heavy (non-hydrogen) atoms. The van der Waals surface area contributed by atoms with E-state index in [9.17, 15) is 9.59 Å². The minimum Gasteiger partial charge on any atom is -0.375 e. The quantitative estimate of drug-likeness (QED) is 0.860. The summed E-state index contributed by atoms with van der Waals surface area (Å²) in [7, 11) is 0. The van der Waals surface area contributed by atoms with Gasteiger partial charge in [0.25, 0.3) is 5.56 Å². The van der Waals surface area contributed by atoms with Crippen LogP contribution in [-0.4, -0.2) is 45.7 Å². The van der Waals surface area contributed by atoms with Gasteiger partial charge in [-0.05, 0) is 32.4 Å². The fourth-order valence-corrected chi connectivity index (χ4v) is 3.11. The highest BCUT2D eigenvalue weighted by Gasteiger charge is 2.27. The third-order valence-electron chi connectivity index (χ3n) is 4.55. The molecule has 6 heteroatoms. The number of aromatic nitrogens is 2. The maximum atomic E-state index is 12.6. The van der Waals surface area contributed by atoms with E-state index in [1.165, 1.54) is 10.9 Å². The van der Waals surface area contributed by atoms with Gasteiger partial charge < -0.3 is 9.64 Å². The molecule has 1 fully saturated rings. The number of hydrogen-bond donors (Lipinski definition) is 0. The minimum absolute atomic E-state index is 0.0499. The van der Waals surface area contributed by atoms with Gasteiger partial charge in [-0.1, -0.05) is 12.1 Å². The van der Waals surface area contributed by atoms with Crippen LogP contribution in [0.15, 0.2) is 29.3 Å². The van der Waals surface area contributed by atoms with E-state index < -0.39 is 0 Å². The first-order chi connectivity index (χ1) is 11.5. The molecule has 2 atom stereocenters. The number of hydrogen-bond acceptors (Lipinski definition) is 4. The van der Waals surface area contributed by atoms with Gasteiger partial charge in [-0.2, -0.15) is 0 Å². The first kappa shape index (κ1) is 16.6. The summed E-state index contributed by atoms with van der Waals surface area (Å²) in [5.74, 6) is 0.0499. The molecule has 1 aromatic heterocycles. The molecule has 0 spiro atoms. The molecule has 2 heterocycles. The van der Waals surface area contributed by atoms with E-state index in [2.05, 4.69) is 4.98 Å². The monoisotopic (exact) mass is 329 g/mol. The molecule has 0 aliphatic carbocycles. The fraction of sp³-hybridized carbons (Fsp3) is 0.500. The van der Waals surface area contributed by atoms with Crippen LogP contribution in [0, 0.1) is 6.92 Å². The lowest BCUT2D eigenvalue weighted by molar-refractivity contribution is -0.143. The SMILES string of the molecule is Cc1cccc2c(=O)n(CCC(=O)N3C[C@H](C)OC[C@H]3C)cnc12. The average Bonchev–Trinajstić information content (AvgIpc) is 2.57. The molecule has 0 N–H and O–H groups in total. The third kappa shape index (κ3) is 3.19. The Morgan fingerprint density at radius 3 is 2.96 bits per heavy atom. The highest BCUT2D eigenvalue weighted by Crippen LogP contribution is 2.14. The zero-order valence-corrected chi connectivity index (χ0v) is 14.4. The highest BCUT2D eigenvalue weighted by atomic mass is 16.5. The lowest BCUT2D eigenvalue weighted by Gasteiger charge is -2.36. The molecule has 1 aliphatic heterocycles. The Morgan fingerprint density at radius 2 is 2.17 bits per heavy atom. The molecule has 0 unspecified atom stereocenters. The second kappa shape index (κ2) is 6.73. The second-order valence-corrected chi connectivity index (χ2v) is 6.50. The predicted molar refractivity (Wildman–Crippen MR) is 91.9 cm³/mol. The van der Waals surface area contributed by atoms with E-state index in [1.54, 1.807) is 6.07 Å². The Hall–Kier alpha value is -2.21. The number of carbonyl (C=O) groups is 1. The van der Waals surface area contributed by atoms with Crippen LogP contribution in [0.3, 0.4) is 0 Å². The van der Waals surface area contributed by atoms with Crippen molar-refractivity contribution in [2.45, 2.75) is 45.9 Å². The molecule has 1 amide bonds. The van der Waals surface area contributed by atoms with Gasteiger partial charge in [0, 0.05) is 19.5 Å². The van der Waals surface area contributed by atoms with Gasteiger partial charge in [0.2, 0.25) is 5.91 Å². The number of aryl methyl sites for hydroxylation is 2. The molecule has 1 aromatic carbocycles. The summed E-state index contributed by atoms with van der Waals surface area (Å²) in [5.41, 5.74) is 1.60. The summed E-state index contributed by atoms with van der Waals surface area (Å²) < 4.78 is 7.07. The largest absolute Gasteiger partial charge is 0.375 e. The summed E-state index contributed by atoms with van der Waals surface area (Å²) in [5, 5.41) is 0.596. The summed E-state index contributed by atoms with van der Waals surface area (Å²) >= 11 is 0. The number of nitrogens with zero attached hydrogens (tertiary/aromatic N) is 3. The Kier molecular flexibility index (Phi) is 4.66. The van der Waals surface area contributed by atoms with Crippen LogP contribution in [0.2, 0.25) is 0 Å². The summed E-state index contributed by atoms with van der Waals surface area (Å²) in [6.07, 6.45) is 1.88. The molecule has 128 valence electrons. The Bertz CT molecular complexity index is 815. The smallest absolute Gasteiger partial charge is 0.261 e. The van der Waals surface area contributed by atoms with Gasteiger partial charge >= 0.3 is 0 Å². The van der Waals surface area contributed by atoms with Crippen LogP contribution < -0.4 is 5.56 Å². The van der Waals surface area contributed by atoms with Crippen molar-refractivity contribution in [3.8, 4) is 0 Å². The molecule has 0 saturated carbocycles. The van der Waals surface area contributed by atoms with Crippen LogP contribution in [0.4, 0.5) is 0 Å². The Balaban J connectivity index is 1.75. The molecular weight excluding hydrogens is 306 g/mol. The standard InChI is InChI=1S/C18H23N3O3/c1-12-5-4-6-15-17(12)19-11-20(18(15)23)8-7-16(22)21-9-14(3)24-10-13(21)2/h4-6,11,13-14H,7-10H2,1-3H3/t13-,14+/m1/s1. The van der Waals surface area contributed by atoms with Crippen molar-refractivity contribution >= 4 is 16.8 Å². The molecule has 2 aromatic rings. The van der Waals surface area contributed by atoms with Crippen LogP contribution >= 0.6 is 0 Å². The normalized spacial score (nSPS) is 21.2. The number of para-hydroxylation sites is 1. The zero-order chi connectivity index (χ0) is 17.3. The van der Waals surface area contributed by atoms with Crippen LogP contribution in [0.5, 0.6) is 0 Å². The number of rotatable bonds is 3. The average molecular weight is 329 g/mol. The van der Waals surface area contributed by atoms with Crippen molar-refractivity contribution in [3.63, 3.8) is 0 Å². The van der Waals surface area contributed by atoms with Crippen molar-refractivity contribution < 1.29 is 9.53 Å². The lowest BCUT2D eigenvalue weighted by atomic mass is 10.1. The van der Waals surface area contributed by atoms with Crippen molar-refractivity contribution in [2.75, 3.05) is 13.2 Å².